The maximum absolute atomic E-state index is 12.4. The van der Waals surface area contributed by atoms with E-state index in [4.69, 9.17) is 16.3 Å². The van der Waals surface area contributed by atoms with Crippen molar-refractivity contribution in [2.45, 2.75) is 52.2 Å². The zero-order chi connectivity index (χ0) is 17.2. The SMILES string of the molecule is C=C/C(Cl)=C\c1nc([C@@H]2CCCN2C(=O)OC(C)(C)C)[nH]c1C. The molecule has 5 nitrogen and oxygen atoms in total. The van der Waals surface area contributed by atoms with E-state index in [1.54, 1.807) is 17.1 Å². The summed E-state index contributed by atoms with van der Waals surface area (Å²) in [6.07, 6.45) is 4.83. The Morgan fingerprint density at radius 3 is 2.83 bits per heavy atom. The predicted octanol–water partition coefficient (Wildman–Crippen LogP) is 4.56. The van der Waals surface area contributed by atoms with Gasteiger partial charge in [-0.1, -0.05) is 24.3 Å². The molecule has 1 saturated heterocycles. The third-order valence-corrected chi connectivity index (χ3v) is 3.87. The minimum Gasteiger partial charge on any atom is -0.444 e. The second-order valence-corrected chi connectivity index (χ2v) is 7.13. The first-order valence-electron chi connectivity index (χ1n) is 7.77. The molecule has 126 valence electrons. The van der Waals surface area contributed by atoms with Gasteiger partial charge in [0.2, 0.25) is 0 Å². The summed E-state index contributed by atoms with van der Waals surface area (Å²) in [4.78, 5) is 22.0. The first-order chi connectivity index (χ1) is 10.7. The van der Waals surface area contributed by atoms with Crippen molar-refractivity contribution >= 4 is 23.8 Å². The smallest absolute Gasteiger partial charge is 0.410 e. The van der Waals surface area contributed by atoms with Gasteiger partial charge in [-0.15, -0.1) is 0 Å². The third kappa shape index (κ3) is 4.38. The van der Waals surface area contributed by atoms with Crippen molar-refractivity contribution in [3.63, 3.8) is 0 Å². The lowest BCUT2D eigenvalue weighted by molar-refractivity contribution is 0.0218. The molecule has 1 aliphatic rings. The van der Waals surface area contributed by atoms with Crippen LogP contribution in [-0.4, -0.2) is 33.1 Å². The second kappa shape index (κ2) is 6.79. The number of hydrogen-bond acceptors (Lipinski definition) is 3. The number of halogens is 1. The molecule has 2 heterocycles. The van der Waals surface area contributed by atoms with E-state index in [2.05, 4.69) is 16.5 Å². The molecule has 0 unspecified atom stereocenters. The first kappa shape index (κ1) is 17.6. The van der Waals surface area contributed by atoms with Crippen LogP contribution >= 0.6 is 11.6 Å². The normalized spacial score (nSPS) is 19.1. The summed E-state index contributed by atoms with van der Waals surface area (Å²) >= 11 is 6.00. The van der Waals surface area contributed by atoms with E-state index in [0.29, 0.717) is 11.6 Å². The lowest BCUT2D eigenvalue weighted by Crippen LogP contribution is -2.36. The Morgan fingerprint density at radius 2 is 2.22 bits per heavy atom. The monoisotopic (exact) mass is 337 g/mol. The third-order valence-electron chi connectivity index (χ3n) is 3.61. The molecule has 1 aliphatic heterocycles. The first-order valence-corrected chi connectivity index (χ1v) is 8.15. The standard InChI is InChI=1S/C17H24ClN3O2/c1-6-12(18)10-13-11(2)19-15(20-13)14-8-7-9-21(14)16(22)23-17(3,4)5/h6,10,14H,1,7-9H2,2-5H3,(H,19,20)/b12-10+/t14-/m0/s1. The van der Waals surface area contributed by atoms with Crippen molar-refractivity contribution in [3.05, 3.63) is 34.9 Å². The van der Waals surface area contributed by atoms with Crippen molar-refractivity contribution in [2.24, 2.45) is 0 Å². The highest BCUT2D eigenvalue weighted by Crippen LogP contribution is 2.32. The van der Waals surface area contributed by atoms with Crippen LogP contribution in [0.1, 0.15) is 56.9 Å². The van der Waals surface area contributed by atoms with Crippen LogP contribution in [0.15, 0.2) is 17.7 Å². The quantitative estimate of drug-likeness (QED) is 0.823. The van der Waals surface area contributed by atoms with Crippen LogP contribution in [-0.2, 0) is 4.74 Å². The van der Waals surface area contributed by atoms with Gasteiger partial charge in [-0.05, 0) is 46.6 Å². The number of likely N-dealkylation sites (tertiary alicyclic amines) is 1. The van der Waals surface area contributed by atoms with Gasteiger partial charge in [0, 0.05) is 17.3 Å². The minimum absolute atomic E-state index is 0.0896. The fourth-order valence-corrected chi connectivity index (χ4v) is 2.68. The molecule has 0 radical (unpaired) electrons. The van der Waals surface area contributed by atoms with E-state index in [0.717, 1.165) is 30.1 Å². The molecule has 0 aromatic carbocycles. The summed E-state index contributed by atoms with van der Waals surface area (Å²) in [6, 6.07) is -0.0896. The van der Waals surface area contributed by atoms with E-state index in [-0.39, 0.29) is 12.1 Å². The molecular weight excluding hydrogens is 314 g/mol. The van der Waals surface area contributed by atoms with Crippen molar-refractivity contribution in [2.75, 3.05) is 6.54 Å². The Balaban J connectivity index is 2.22. The molecular formula is C17H24ClN3O2. The fourth-order valence-electron chi connectivity index (χ4n) is 2.58. The van der Waals surface area contributed by atoms with Gasteiger partial charge in [0.05, 0.1) is 11.7 Å². The predicted molar refractivity (Wildman–Crippen MR) is 92.3 cm³/mol. The van der Waals surface area contributed by atoms with Crippen LogP contribution in [0.25, 0.3) is 6.08 Å². The average Bonchev–Trinajstić information content (AvgIpc) is 3.04. The summed E-state index contributed by atoms with van der Waals surface area (Å²) < 4.78 is 5.49. The zero-order valence-corrected chi connectivity index (χ0v) is 14.9. The number of nitrogens with zero attached hydrogens (tertiary/aromatic N) is 2. The summed E-state index contributed by atoms with van der Waals surface area (Å²) in [5.74, 6) is 0.769. The van der Waals surface area contributed by atoms with Crippen LogP contribution in [0.2, 0.25) is 0 Å². The number of imidazole rings is 1. The van der Waals surface area contributed by atoms with Crippen molar-refractivity contribution in [1.29, 1.82) is 0 Å². The van der Waals surface area contributed by atoms with Crippen molar-refractivity contribution in [3.8, 4) is 0 Å². The molecule has 2 rings (SSSR count). The minimum atomic E-state index is -0.505. The average molecular weight is 338 g/mol. The van der Waals surface area contributed by atoms with E-state index in [1.807, 2.05) is 27.7 Å². The molecule has 0 bridgehead atoms. The maximum atomic E-state index is 12.4. The Labute approximate surface area is 142 Å². The number of allylic oxidation sites excluding steroid dienone is 2. The molecule has 1 atom stereocenters. The number of ether oxygens (including phenoxy) is 1. The highest BCUT2D eigenvalue weighted by molar-refractivity contribution is 6.33. The number of aryl methyl sites for hydroxylation is 1. The Morgan fingerprint density at radius 1 is 1.52 bits per heavy atom. The van der Waals surface area contributed by atoms with E-state index < -0.39 is 5.60 Å². The molecule has 1 amide bonds. The Hall–Kier alpha value is -1.75. The van der Waals surface area contributed by atoms with Crippen LogP contribution in [0.4, 0.5) is 4.79 Å². The summed E-state index contributed by atoms with van der Waals surface area (Å²) in [6.45, 7) is 11.8. The van der Waals surface area contributed by atoms with Gasteiger partial charge in [-0.2, -0.15) is 0 Å². The second-order valence-electron chi connectivity index (χ2n) is 6.70. The van der Waals surface area contributed by atoms with Crippen LogP contribution in [0.3, 0.4) is 0 Å². The molecule has 0 spiro atoms. The Bertz CT molecular complexity index is 628. The molecule has 1 aromatic heterocycles. The van der Waals surface area contributed by atoms with Crippen LogP contribution in [0.5, 0.6) is 0 Å². The number of rotatable bonds is 3. The lowest BCUT2D eigenvalue weighted by Gasteiger charge is -2.27. The van der Waals surface area contributed by atoms with E-state index in [9.17, 15) is 4.79 Å². The molecule has 6 heteroatoms. The number of amides is 1. The topological polar surface area (TPSA) is 58.2 Å². The molecule has 1 aromatic rings. The van der Waals surface area contributed by atoms with Gasteiger partial charge < -0.3 is 9.72 Å². The highest BCUT2D eigenvalue weighted by atomic mass is 35.5. The zero-order valence-electron chi connectivity index (χ0n) is 14.1. The van der Waals surface area contributed by atoms with E-state index in [1.165, 1.54) is 0 Å². The summed E-state index contributed by atoms with van der Waals surface area (Å²) in [5.41, 5.74) is 1.17. The lowest BCUT2D eigenvalue weighted by atomic mass is 10.2. The number of nitrogens with one attached hydrogen (secondary N) is 1. The van der Waals surface area contributed by atoms with Crippen LogP contribution < -0.4 is 0 Å². The number of carbonyl (C=O) groups excluding carboxylic acids is 1. The van der Waals surface area contributed by atoms with Gasteiger partial charge in [-0.25, -0.2) is 9.78 Å². The van der Waals surface area contributed by atoms with Gasteiger partial charge in [0.15, 0.2) is 0 Å². The number of aromatic nitrogens is 2. The van der Waals surface area contributed by atoms with Crippen molar-refractivity contribution < 1.29 is 9.53 Å². The highest BCUT2D eigenvalue weighted by Gasteiger charge is 2.35. The molecule has 1 N–H and O–H groups in total. The molecule has 23 heavy (non-hydrogen) atoms. The molecule has 0 aliphatic carbocycles. The largest absolute Gasteiger partial charge is 0.444 e. The Kier molecular flexibility index (Phi) is 5.19. The number of aromatic amines is 1. The molecule has 0 saturated carbocycles. The van der Waals surface area contributed by atoms with Gasteiger partial charge >= 0.3 is 6.09 Å². The number of hydrogen-bond donors (Lipinski definition) is 1. The summed E-state index contributed by atoms with van der Waals surface area (Å²) in [5, 5.41) is 0.529. The number of H-pyrrole nitrogens is 1. The van der Waals surface area contributed by atoms with Gasteiger partial charge in [0.25, 0.3) is 0 Å². The molecule has 1 fully saturated rings. The van der Waals surface area contributed by atoms with Gasteiger partial charge in [-0.3, -0.25) is 4.90 Å². The fraction of sp³-hybridized carbons (Fsp3) is 0.529. The maximum Gasteiger partial charge on any atom is 0.410 e. The number of carbonyl (C=O) groups is 1. The van der Waals surface area contributed by atoms with E-state index >= 15 is 0 Å². The van der Waals surface area contributed by atoms with Gasteiger partial charge in [0.1, 0.15) is 11.4 Å². The van der Waals surface area contributed by atoms with Crippen LogP contribution in [0, 0.1) is 6.92 Å². The summed E-state index contributed by atoms with van der Waals surface area (Å²) in [7, 11) is 0. The van der Waals surface area contributed by atoms with Crippen molar-refractivity contribution in [1.82, 2.24) is 14.9 Å².